The predicted octanol–water partition coefficient (Wildman–Crippen LogP) is 0.997. The quantitative estimate of drug-likeness (QED) is 0.728. The highest BCUT2D eigenvalue weighted by molar-refractivity contribution is 5.41. The fraction of sp³-hybridized carbons (Fsp3) is 0.556. The molecular formula is C9H13FN4. The average molecular weight is 196 g/mol. The lowest BCUT2D eigenvalue weighted by Gasteiger charge is -2.29. The van der Waals surface area contributed by atoms with Gasteiger partial charge in [0.05, 0.1) is 18.9 Å². The van der Waals surface area contributed by atoms with E-state index in [0.717, 1.165) is 13.0 Å². The second kappa shape index (κ2) is 3.77. The number of aromatic nitrogens is 2. The van der Waals surface area contributed by atoms with Gasteiger partial charge in [-0.1, -0.05) is 0 Å². The van der Waals surface area contributed by atoms with E-state index in [-0.39, 0.29) is 0 Å². The Morgan fingerprint density at radius 3 is 3.07 bits per heavy atom. The highest BCUT2D eigenvalue weighted by Gasteiger charge is 2.20. The molecule has 76 valence electrons. The van der Waals surface area contributed by atoms with Crippen LogP contribution in [-0.4, -0.2) is 29.2 Å². The van der Waals surface area contributed by atoms with Crippen LogP contribution in [0, 0.1) is 0 Å². The molecule has 0 aliphatic carbocycles. The van der Waals surface area contributed by atoms with Gasteiger partial charge in [-0.05, 0) is 12.8 Å². The first-order chi connectivity index (χ1) is 6.75. The van der Waals surface area contributed by atoms with E-state index in [1.807, 2.05) is 4.90 Å². The number of nitrogens with zero attached hydrogens (tertiary/aromatic N) is 3. The van der Waals surface area contributed by atoms with E-state index in [0.29, 0.717) is 24.6 Å². The molecule has 1 fully saturated rings. The summed E-state index contributed by atoms with van der Waals surface area (Å²) < 4.78 is 13.1. The Balaban J connectivity index is 2.14. The predicted molar refractivity (Wildman–Crippen MR) is 52.8 cm³/mol. The van der Waals surface area contributed by atoms with Crippen molar-refractivity contribution in [2.45, 2.75) is 19.0 Å². The molecule has 14 heavy (non-hydrogen) atoms. The van der Waals surface area contributed by atoms with Crippen LogP contribution in [0.1, 0.15) is 12.8 Å². The van der Waals surface area contributed by atoms with Crippen LogP contribution in [-0.2, 0) is 0 Å². The Hall–Kier alpha value is -1.39. The average Bonchev–Trinajstić information content (AvgIpc) is 2.18. The molecule has 0 bridgehead atoms. The fourth-order valence-electron chi connectivity index (χ4n) is 1.66. The maximum Gasteiger partial charge on any atom is 0.149 e. The van der Waals surface area contributed by atoms with E-state index < -0.39 is 6.17 Å². The third-order valence-corrected chi connectivity index (χ3v) is 2.33. The van der Waals surface area contributed by atoms with Crippen molar-refractivity contribution in [2.75, 3.05) is 23.7 Å². The Bertz CT molecular complexity index is 317. The van der Waals surface area contributed by atoms with Gasteiger partial charge in [-0.2, -0.15) is 0 Å². The van der Waals surface area contributed by atoms with Gasteiger partial charge in [0.15, 0.2) is 0 Å². The minimum absolute atomic E-state index is 0.378. The second-order valence-electron chi connectivity index (χ2n) is 3.49. The van der Waals surface area contributed by atoms with E-state index >= 15 is 0 Å². The molecule has 0 amide bonds. The molecule has 1 aliphatic rings. The Morgan fingerprint density at radius 2 is 2.36 bits per heavy atom. The highest BCUT2D eigenvalue weighted by atomic mass is 19.1. The van der Waals surface area contributed by atoms with Crippen molar-refractivity contribution >= 4 is 11.6 Å². The summed E-state index contributed by atoms with van der Waals surface area (Å²) in [5.74, 6) is 1.05. The van der Waals surface area contributed by atoms with Crippen LogP contribution >= 0.6 is 0 Å². The van der Waals surface area contributed by atoms with Gasteiger partial charge < -0.3 is 10.6 Å². The number of anilines is 2. The van der Waals surface area contributed by atoms with Crippen molar-refractivity contribution in [1.82, 2.24) is 9.97 Å². The molecule has 1 aromatic heterocycles. The van der Waals surface area contributed by atoms with Gasteiger partial charge in [0.25, 0.3) is 0 Å². The molecule has 2 N–H and O–H groups in total. The third-order valence-electron chi connectivity index (χ3n) is 2.33. The van der Waals surface area contributed by atoms with E-state index in [2.05, 4.69) is 9.97 Å². The summed E-state index contributed by atoms with van der Waals surface area (Å²) in [5, 5.41) is 0. The number of nitrogens with two attached hydrogens (primary N) is 1. The normalized spacial score (nSPS) is 22.4. The Morgan fingerprint density at radius 1 is 1.50 bits per heavy atom. The van der Waals surface area contributed by atoms with Gasteiger partial charge >= 0.3 is 0 Å². The molecular weight excluding hydrogens is 183 g/mol. The van der Waals surface area contributed by atoms with Crippen LogP contribution < -0.4 is 10.6 Å². The highest BCUT2D eigenvalue weighted by Crippen LogP contribution is 2.19. The topological polar surface area (TPSA) is 55.0 Å². The number of piperidine rings is 1. The van der Waals surface area contributed by atoms with Gasteiger partial charge in [0.1, 0.15) is 17.8 Å². The molecule has 4 nitrogen and oxygen atoms in total. The van der Waals surface area contributed by atoms with Crippen molar-refractivity contribution in [2.24, 2.45) is 0 Å². The summed E-state index contributed by atoms with van der Waals surface area (Å²) in [4.78, 5) is 9.93. The SMILES string of the molecule is Nc1cncc(N2CCCC(F)C2)n1. The van der Waals surface area contributed by atoms with Crippen LogP contribution in [0.4, 0.5) is 16.0 Å². The summed E-state index contributed by atoms with van der Waals surface area (Å²) in [6, 6.07) is 0. The molecule has 1 unspecified atom stereocenters. The van der Waals surface area contributed by atoms with Crippen molar-refractivity contribution in [3.8, 4) is 0 Å². The van der Waals surface area contributed by atoms with Crippen LogP contribution in [0.2, 0.25) is 0 Å². The van der Waals surface area contributed by atoms with Crippen LogP contribution in [0.25, 0.3) is 0 Å². The first kappa shape index (κ1) is 9.18. The lowest BCUT2D eigenvalue weighted by Crippen LogP contribution is -2.37. The molecule has 0 radical (unpaired) electrons. The number of alkyl halides is 1. The van der Waals surface area contributed by atoms with Gasteiger partial charge in [0.2, 0.25) is 0 Å². The van der Waals surface area contributed by atoms with Crippen molar-refractivity contribution in [3.05, 3.63) is 12.4 Å². The van der Waals surface area contributed by atoms with Gasteiger partial charge in [0, 0.05) is 6.54 Å². The number of halogens is 1. The molecule has 5 heteroatoms. The lowest BCUT2D eigenvalue weighted by atomic mass is 10.1. The number of nitrogen functional groups attached to an aromatic ring is 1. The molecule has 1 aliphatic heterocycles. The molecule has 2 rings (SSSR count). The first-order valence-electron chi connectivity index (χ1n) is 4.72. The smallest absolute Gasteiger partial charge is 0.149 e. The van der Waals surface area contributed by atoms with Gasteiger partial charge in [-0.15, -0.1) is 0 Å². The van der Waals surface area contributed by atoms with E-state index in [1.54, 1.807) is 6.20 Å². The third kappa shape index (κ3) is 1.92. The zero-order chi connectivity index (χ0) is 9.97. The minimum Gasteiger partial charge on any atom is -0.382 e. The number of hydrogen-bond donors (Lipinski definition) is 1. The minimum atomic E-state index is -0.757. The molecule has 2 heterocycles. The van der Waals surface area contributed by atoms with Crippen molar-refractivity contribution in [1.29, 1.82) is 0 Å². The monoisotopic (exact) mass is 196 g/mol. The fourth-order valence-corrected chi connectivity index (χ4v) is 1.66. The van der Waals surface area contributed by atoms with Gasteiger partial charge in [-0.25, -0.2) is 9.37 Å². The van der Waals surface area contributed by atoms with Gasteiger partial charge in [-0.3, -0.25) is 4.98 Å². The summed E-state index contributed by atoms with van der Waals surface area (Å²) in [7, 11) is 0. The first-order valence-corrected chi connectivity index (χ1v) is 4.72. The molecule has 1 aromatic rings. The van der Waals surface area contributed by atoms with Crippen LogP contribution in [0.3, 0.4) is 0 Å². The standard InChI is InChI=1S/C9H13FN4/c10-7-2-1-3-14(6-7)9-5-12-4-8(11)13-9/h4-5,7H,1-3,6H2,(H2,11,13). The molecule has 0 spiro atoms. The zero-order valence-electron chi connectivity index (χ0n) is 7.86. The summed E-state index contributed by atoms with van der Waals surface area (Å²) >= 11 is 0. The summed E-state index contributed by atoms with van der Waals surface area (Å²) in [6.07, 6.45) is 3.85. The Labute approximate surface area is 82.0 Å². The Kier molecular flexibility index (Phi) is 2.47. The lowest BCUT2D eigenvalue weighted by molar-refractivity contribution is 0.286. The maximum atomic E-state index is 13.1. The number of rotatable bonds is 1. The molecule has 0 saturated carbocycles. The van der Waals surface area contributed by atoms with Crippen LogP contribution in [0.15, 0.2) is 12.4 Å². The summed E-state index contributed by atoms with van der Waals surface area (Å²) in [6.45, 7) is 1.23. The van der Waals surface area contributed by atoms with Crippen molar-refractivity contribution < 1.29 is 4.39 Å². The molecule has 1 saturated heterocycles. The van der Waals surface area contributed by atoms with E-state index in [9.17, 15) is 4.39 Å². The second-order valence-corrected chi connectivity index (χ2v) is 3.49. The van der Waals surface area contributed by atoms with Crippen molar-refractivity contribution in [3.63, 3.8) is 0 Å². The van der Waals surface area contributed by atoms with Crippen LogP contribution in [0.5, 0.6) is 0 Å². The number of hydrogen-bond acceptors (Lipinski definition) is 4. The zero-order valence-corrected chi connectivity index (χ0v) is 7.86. The summed E-state index contributed by atoms with van der Waals surface area (Å²) in [5.41, 5.74) is 5.51. The van der Waals surface area contributed by atoms with E-state index in [1.165, 1.54) is 6.20 Å². The maximum absolute atomic E-state index is 13.1. The largest absolute Gasteiger partial charge is 0.382 e. The van der Waals surface area contributed by atoms with E-state index in [4.69, 9.17) is 5.73 Å². The molecule has 0 aromatic carbocycles. The molecule has 1 atom stereocenters.